The Morgan fingerprint density at radius 3 is 2.61 bits per heavy atom. The average Bonchev–Trinajstić information content (AvgIpc) is 2.57. The maximum atomic E-state index is 11.6. The summed E-state index contributed by atoms with van der Waals surface area (Å²) in [5.74, 6) is 0.373. The normalized spacial score (nSPS) is 21.1. The lowest BCUT2D eigenvalue weighted by Crippen LogP contribution is -2.44. The van der Waals surface area contributed by atoms with Gasteiger partial charge >= 0.3 is 0 Å². The molecule has 1 aliphatic rings. The summed E-state index contributed by atoms with van der Waals surface area (Å²) < 4.78 is 24.4. The molecule has 3 N–H and O–H groups in total. The number of hydrogen-bond donors (Lipinski definition) is 2. The Morgan fingerprint density at radius 2 is 2.11 bits per heavy atom. The molecule has 1 saturated heterocycles. The number of hydrogen-bond acceptors (Lipinski definition) is 4. The van der Waals surface area contributed by atoms with E-state index in [1.54, 1.807) is 0 Å². The van der Waals surface area contributed by atoms with Crippen LogP contribution in [0, 0.1) is 5.92 Å². The highest BCUT2D eigenvalue weighted by Gasteiger charge is 2.27. The molecule has 0 bridgehead atoms. The second kappa shape index (κ2) is 6.49. The minimum atomic E-state index is -3.07. The smallest absolute Gasteiger partial charge is 0.236 e. The SMILES string of the molecule is CC(C)C[C@H](N)C(=O)NCCN1CCCS1(=O)=O. The van der Waals surface area contributed by atoms with Crippen LogP contribution in [0.15, 0.2) is 0 Å². The molecule has 1 aliphatic heterocycles. The Labute approximate surface area is 109 Å². The molecule has 0 radical (unpaired) electrons. The molecule has 7 heteroatoms. The first-order valence-corrected chi connectivity index (χ1v) is 7.95. The lowest BCUT2D eigenvalue weighted by molar-refractivity contribution is -0.122. The van der Waals surface area contributed by atoms with Crippen molar-refractivity contribution in [2.45, 2.75) is 32.7 Å². The van der Waals surface area contributed by atoms with Gasteiger partial charge in [0, 0.05) is 19.6 Å². The molecule has 0 aromatic carbocycles. The van der Waals surface area contributed by atoms with Crippen LogP contribution in [0.3, 0.4) is 0 Å². The van der Waals surface area contributed by atoms with Crippen LogP contribution in [0.4, 0.5) is 0 Å². The zero-order valence-electron chi connectivity index (χ0n) is 11.1. The lowest BCUT2D eigenvalue weighted by Gasteiger charge is -2.17. The molecule has 0 spiro atoms. The second-order valence-corrected chi connectivity index (χ2v) is 7.18. The van der Waals surface area contributed by atoms with E-state index in [2.05, 4.69) is 5.32 Å². The number of nitrogens with zero attached hydrogens (tertiary/aromatic N) is 1. The maximum Gasteiger partial charge on any atom is 0.236 e. The van der Waals surface area contributed by atoms with E-state index in [0.29, 0.717) is 38.4 Å². The van der Waals surface area contributed by atoms with Crippen molar-refractivity contribution in [1.29, 1.82) is 0 Å². The Balaban J connectivity index is 2.27. The van der Waals surface area contributed by atoms with Crippen LogP contribution in [-0.4, -0.2) is 50.1 Å². The fraction of sp³-hybridized carbons (Fsp3) is 0.909. The molecule has 1 amide bonds. The van der Waals surface area contributed by atoms with Gasteiger partial charge in [0.05, 0.1) is 11.8 Å². The fourth-order valence-corrected chi connectivity index (χ4v) is 3.52. The van der Waals surface area contributed by atoms with Gasteiger partial charge in [0.1, 0.15) is 0 Å². The highest BCUT2D eigenvalue weighted by Crippen LogP contribution is 2.11. The highest BCUT2D eigenvalue weighted by molar-refractivity contribution is 7.89. The van der Waals surface area contributed by atoms with E-state index in [1.165, 1.54) is 4.31 Å². The van der Waals surface area contributed by atoms with Crippen molar-refractivity contribution >= 4 is 15.9 Å². The molecule has 1 heterocycles. The van der Waals surface area contributed by atoms with Gasteiger partial charge in [0.25, 0.3) is 0 Å². The van der Waals surface area contributed by atoms with Crippen LogP contribution < -0.4 is 11.1 Å². The van der Waals surface area contributed by atoms with Crippen molar-refractivity contribution < 1.29 is 13.2 Å². The van der Waals surface area contributed by atoms with E-state index < -0.39 is 16.1 Å². The first-order valence-electron chi connectivity index (χ1n) is 6.34. The van der Waals surface area contributed by atoms with E-state index in [1.807, 2.05) is 13.8 Å². The Kier molecular flexibility index (Phi) is 5.55. The first-order chi connectivity index (χ1) is 8.33. The second-order valence-electron chi connectivity index (χ2n) is 5.10. The number of nitrogens with one attached hydrogen (secondary N) is 1. The maximum absolute atomic E-state index is 11.6. The van der Waals surface area contributed by atoms with Crippen molar-refractivity contribution in [2.24, 2.45) is 11.7 Å². The third-order valence-corrected chi connectivity index (χ3v) is 4.88. The quantitative estimate of drug-likeness (QED) is 0.685. The number of amides is 1. The van der Waals surface area contributed by atoms with Crippen LogP contribution in [0.2, 0.25) is 0 Å². The van der Waals surface area contributed by atoms with Crippen molar-refractivity contribution in [2.75, 3.05) is 25.4 Å². The monoisotopic (exact) mass is 277 g/mol. The van der Waals surface area contributed by atoms with Crippen molar-refractivity contribution in [3.8, 4) is 0 Å². The van der Waals surface area contributed by atoms with Crippen molar-refractivity contribution in [3.63, 3.8) is 0 Å². The summed E-state index contributed by atoms with van der Waals surface area (Å²) in [6.07, 6.45) is 1.30. The van der Waals surface area contributed by atoms with Crippen LogP contribution in [-0.2, 0) is 14.8 Å². The Bertz CT molecular complexity index is 381. The summed E-state index contributed by atoms with van der Waals surface area (Å²) in [5, 5.41) is 2.68. The minimum absolute atomic E-state index is 0.208. The van der Waals surface area contributed by atoms with Gasteiger partial charge in [-0.25, -0.2) is 12.7 Å². The van der Waals surface area contributed by atoms with Crippen molar-refractivity contribution in [3.05, 3.63) is 0 Å². The van der Waals surface area contributed by atoms with Crippen LogP contribution in [0.1, 0.15) is 26.7 Å². The van der Waals surface area contributed by atoms with Gasteiger partial charge in [-0.05, 0) is 18.8 Å². The molecule has 18 heavy (non-hydrogen) atoms. The van der Waals surface area contributed by atoms with E-state index in [-0.39, 0.29) is 11.7 Å². The van der Waals surface area contributed by atoms with Gasteiger partial charge in [-0.1, -0.05) is 13.8 Å². The molecule has 0 unspecified atom stereocenters. The fourth-order valence-electron chi connectivity index (χ4n) is 1.99. The summed E-state index contributed by atoms with van der Waals surface area (Å²) in [6.45, 7) is 5.22. The number of carbonyl (C=O) groups excluding carboxylic acids is 1. The topological polar surface area (TPSA) is 92.5 Å². The molecular formula is C11H23N3O3S. The summed E-state index contributed by atoms with van der Waals surface area (Å²) in [4.78, 5) is 11.6. The molecule has 0 saturated carbocycles. The predicted molar refractivity (Wildman–Crippen MR) is 70.4 cm³/mol. The summed E-state index contributed by atoms with van der Waals surface area (Å²) >= 11 is 0. The third-order valence-electron chi connectivity index (χ3n) is 2.93. The van der Waals surface area contributed by atoms with E-state index in [9.17, 15) is 13.2 Å². The van der Waals surface area contributed by atoms with Crippen LogP contribution >= 0.6 is 0 Å². The van der Waals surface area contributed by atoms with Crippen molar-refractivity contribution in [1.82, 2.24) is 9.62 Å². The van der Waals surface area contributed by atoms with Gasteiger partial charge in [-0.2, -0.15) is 0 Å². The van der Waals surface area contributed by atoms with Gasteiger partial charge in [-0.3, -0.25) is 4.79 Å². The standard InChI is InChI=1S/C11H23N3O3S/c1-9(2)8-10(12)11(15)13-4-6-14-5-3-7-18(14,16)17/h9-10H,3-8,12H2,1-2H3,(H,13,15)/t10-/m0/s1. The lowest BCUT2D eigenvalue weighted by atomic mass is 10.0. The molecule has 1 atom stereocenters. The summed E-state index contributed by atoms with van der Waals surface area (Å²) in [5.41, 5.74) is 5.72. The van der Waals surface area contributed by atoms with E-state index >= 15 is 0 Å². The number of sulfonamides is 1. The predicted octanol–water partition coefficient (Wildman–Crippen LogP) is -0.488. The Hall–Kier alpha value is -0.660. The summed E-state index contributed by atoms with van der Waals surface area (Å²) in [7, 11) is -3.07. The molecular weight excluding hydrogens is 254 g/mol. The Morgan fingerprint density at radius 1 is 1.44 bits per heavy atom. The molecule has 1 rings (SSSR count). The van der Waals surface area contributed by atoms with Gasteiger partial charge in [-0.15, -0.1) is 0 Å². The molecule has 0 aliphatic carbocycles. The number of rotatable bonds is 6. The minimum Gasteiger partial charge on any atom is -0.353 e. The van der Waals surface area contributed by atoms with E-state index in [4.69, 9.17) is 5.73 Å². The third kappa shape index (κ3) is 4.55. The molecule has 6 nitrogen and oxygen atoms in total. The number of carbonyl (C=O) groups is 1. The van der Waals surface area contributed by atoms with Crippen LogP contribution in [0.5, 0.6) is 0 Å². The molecule has 1 fully saturated rings. The van der Waals surface area contributed by atoms with Crippen LogP contribution in [0.25, 0.3) is 0 Å². The zero-order chi connectivity index (χ0) is 13.8. The highest BCUT2D eigenvalue weighted by atomic mass is 32.2. The average molecular weight is 277 g/mol. The number of nitrogens with two attached hydrogens (primary N) is 1. The largest absolute Gasteiger partial charge is 0.353 e. The molecule has 0 aromatic heterocycles. The first kappa shape index (κ1) is 15.4. The van der Waals surface area contributed by atoms with E-state index in [0.717, 1.165) is 0 Å². The molecule has 106 valence electrons. The van der Waals surface area contributed by atoms with Gasteiger partial charge in [0.15, 0.2) is 0 Å². The van der Waals surface area contributed by atoms with Gasteiger partial charge < -0.3 is 11.1 Å². The summed E-state index contributed by atoms with van der Waals surface area (Å²) in [6, 6.07) is -0.514. The zero-order valence-corrected chi connectivity index (χ0v) is 11.9. The molecule has 0 aromatic rings. The van der Waals surface area contributed by atoms with Gasteiger partial charge in [0.2, 0.25) is 15.9 Å².